The van der Waals surface area contributed by atoms with Gasteiger partial charge in [-0.2, -0.15) is 0 Å². The Labute approximate surface area is 195 Å². The van der Waals surface area contributed by atoms with Crippen LogP contribution < -0.4 is 5.32 Å². The molecular formula is C22H37F2N2O6P. The molecule has 0 fully saturated rings. The minimum atomic E-state index is -3.85. The Morgan fingerprint density at radius 2 is 1.73 bits per heavy atom. The van der Waals surface area contributed by atoms with Gasteiger partial charge in [-0.3, -0.25) is 13.6 Å². The topological polar surface area (TPSA) is 97.3 Å². The van der Waals surface area contributed by atoms with Gasteiger partial charge in [0.05, 0.1) is 30.5 Å². The monoisotopic (exact) mass is 494 g/mol. The number of carbonyl (C=O) groups is 1. The van der Waals surface area contributed by atoms with E-state index in [1.54, 1.807) is 41.5 Å². The number of hydrogen-bond donors (Lipinski definition) is 2. The summed E-state index contributed by atoms with van der Waals surface area (Å²) >= 11 is 0. The van der Waals surface area contributed by atoms with Crippen LogP contribution in [0.2, 0.25) is 0 Å². The lowest BCUT2D eigenvalue weighted by Gasteiger charge is -2.31. The first-order chi connectivity index (χ1) is 15.1. The number of benzene rings is 1. The van der Waals surface area contributed by atoms with Crippen molar-refractivity contribution in [2.24, 2.45) is 0 Å². The van der Waals surface area contributed by atoms with Gasteiger partial charge in [-0.25, -0.2) is 18.1 Å². The Balaban J connectivity index is 2.62. The second kappa shape index (κ2) is 12.2. The van der Waals surface area contributed by atoms with Gasteiger partial charge in [0.25, 0.3) is 0 Å². The molecule has 0 aliphatic rings. The molecule has 1 aromatic carbocycles. The molecule has 0 heterocycles. The van der Waals surface area contributed by atoms with Gasteiger partial charge in [-0.05, 0) is 60.5 Å². The SMILES string of the molecule is CN(C(=O)NCc1cccc(F)c1F)[C@H](CO)CCCOP(=O)(OC(C)(C)C)OC(C)(C)C. The second-order valence-electron chi connectivity index (χ2n) is 9.65. The van der Waals surface area contributed by atoms with Crippen molar-refractivity contribution in [3.8, 4) is 0 Å². The fourth-order valence-electron chi connectivity index (χ4n) is 2.79. The molecule has 0 unspecified atom stereocenters. The second-order valence-corrected chi connectivity index (χ2v) is 11.2. The van der Waals surface area contributed by atoms with Crippen molar-refractivity contribution in [1.82, 2.24) is 10.2 Å². The highest BCUT2D eigenvalue weighted by Gasteiger charge is 2.37. The zero-order chi connectivity index (χ0) is 25.4. The van der Waals surface area contributed by atoms with E-state index in [-0.39, 0.29) is 25.3 Å². The molecule has 190 valence electrons. The molecule has 33 heavy (non-hydrogen) atoms. The normalized spacial score (nSPS) is 13.6. The van der Waals surface area contributed by atoms with E-state index < -0.39 is 42.7 Å². The van der Waals surface area contributed by atoms with E-state index in [9.17, 15) is 23.2 Å². The van der Waals surface area contributed by atoms with Gasteiger partial charge in [0, 0.05) is 19.2 Å². The summed E-state index contributed by atoms with van der Waals surface area (Å²) in [6, 6.07) is 2.59. The summed E-state index contributed by atoms with van der Waals surface area (Å²) in [5, 5.41) is 12.2. The lowest BCUT2D eigenvalue weighted by Crippen LogP contribution is -2.45. The number of rotatable bonds is 11. The average Bonchev–Trinajstić information content (AvgIpc) is 2.65. The molecule has 0 radical (unpaired) electrons. The molecule has 0 bridgehead atoms. The first kappa shape index (κ1) is 29.5. The fourth-order valence-corrected chi connectivity index (χ4v) is 4.63. The Bertz CT molecular complexity index is 806. The van der Waals surface area contributed by atoms with Gasteiger partial charge < -0.3 is 15.3 Å². The first-order valence-corrected chi connectivity index (χ1v) is 12.2. The molecule has 0 saturated heterocycles. The van der Waals surface area contributed by atoms with E-state index in [1.807, 2.05) is 0 Å². The van der Waals surface area contributed by atoms with Crippen LogP contribution in [0.3, 0.4) is 0 Å². The van der Waals surface area contributed by atoms with E-state index in [4.69, 9.17) is 13.6 Å². The number of likely N-dealkylation sites (N-methyl/N-ethyl adjacent to an activating group) is 1. The summed E-state index contributed by atoms with van der Waals surface area (Å²) < 4.78 is 56.6. The standard InChI is InChI=1S/C22H37F2N2O6P/c1-21(2,3)31-33(29,32-22(4,5)6)30-13-9-11-17(15-27)26(7)20(28)25-14-16-10-8-12-18(23)19(16)24/h8,10,12,17,27H,9,11,13-15H2,1-7H3,(H,25,28)/t17-/m0/s1. The highest BCUT2D eigenvalue weighted by molar-refractivity contribution is 7.48. The Kier molecular flexibility index (Phi) is 10.9. The van der Waals surface area contributed by atoms with E-state index in [0.717, 1.165) is 6.07 Å². The third-order valence-electron chi connectivity index (χ3n) is 4.24. The van der Waals surface area contributed by atoms with Gasteiger partial charge in [-0.1, -0.05) is 12.1 Å². The van der Waals surface area contributed by atoms with Crippen LogP contribution >= 0.6 is 7.82 Å². The van der Waals surface area contributed by atoms with Gasteiger partial charge in [0.1, 0.15) is 0 Å². The summed E-state index contributed by atoms with van der Waals surface area (Å²) in [4.78, 5) is 13.7. The smallest absolute Gasteiger partial charge is 0.394 e. The van der Waals surface area contributed by atoms with Crippen LogP contribution in [0.5, 0.6) is 0 Å². The van der Waals surface area contributed by atoms with Crippen LogP contribution in [-0.2, 0) is 24.7 Å². The molecule has 0 aromatic heterocycles. The minimum Gasteiger partial charge on any atom is -0.394 e. The van der Waals surface area contributed by atoms with Crippen LogP contribution in [0.1, 0.15) is 59.9 Å². The number of aliphatic hydroxyl groups excluding tert-OH is 1. The summed E-state index contributed by atoms with van der Waals surface area (Å²) in [5.41, 5.74) is -1.50. The van der Waals surface area contributed by atoms with E-state index in [2.05, 4.69) is 5.32 Å². The molecule has 0 aliphatic carbocycles. The van der Waals surface area contributed by atoms with Gasteiger partial charge in [-0.15, -0.1) is 0 Å². The third kappa shape index (κ3) is 10.9. The lowest BCUT2D eigenvalue weighted by atomic mass is 10.1. The largest absolute Gasteiger partial charge is 0.475 e. The highest BCUT2D eigenvalue weighted by atomic mass is 31.2. The van der Waals surface area contributed by atoms with Gasteiger partial charge in [0.15, 0.2) is 11.6 Å². The molecular weight excluding hydrogens is 457 g/mol. The Hall–Kier alpha value is -1.58. The predicted octanol–water partition coefficient (Wildman–Crippen LogP) is 5.00. The number of nitrogens with one attached hydrogen (secondary N) is 1. The molecule has 0 spiro atoms. The van der Waals surface area contributed by atoms with Gasteiger partial charge in [0.2, 0.25) is 0 Å². The maximum Gasteiger partial charge on any atom is 0.475 e. The first-order valence-electron chi connectivity index (χ1n) is 10.8. The van der Waals surface area contributed by atoms with E-state index in [1.165, 1.54) is 24.1 Å². The Morgan fingerprint density at radius 3 is 2.24 bits per heavy atom. The van der Waals surface area contributed by atoms with Crippen LogP contribution in [0.25, 0.3) is 0 Å². The number of nitrogens with zero attached hydrogens (tertiary/aromatic N) is 1. The van der Waals surface area contributed by atoms with Crippen molar-refractivity contribution in [1.29, 1.82) is 0 Å². The molecule has 1 atom stereocenters. The van der Waals surface area contributed by atoms with Gasteiger partial charge >= 0.3 is 13.9 Å². The molecule has 0 aliphatic heterocycles. The van der Waals surface area contributed by atoms with Crippen molar-refractivity contribution in [3.05, 3.63) is 35.4 Å². The number of carbonyl (C=O) groups excluding carboxylic acids is 1. The summed E-state index contributed by atoms with van der Waals surface area (Å²) in [7, 11) is -2.37. The maximum absolute atomic E-state index is 13.7. The molecule has 2 amide bonds. The quantitative estimate of drug-likeness (QED) is 0.332. The maximum atomic E-state index is 13.7. The van der Waals surface area contributed by atoms with E-state index >= 15 is 0 Å². The zero-order valence-electron chi connectivity index (χ0n) is 20.5. The summed E-state index contributed by atoms with van der Waals surface area (Å²) in [6.45, 7) is 9.91. The molecule has 1 aromatic rings. The van der Waals surface area contributed by atoms with Crippen molar-refractivity contribution in [3.63, 3.8) is 0 Å². The zero-order valence-corrected chi connectivity index (χ0v) is 21.4. The molecule has 8 nitrogen and oxygen atoms in total. The number of halogens is 2. The number of aliphatic hydroxyl groups is 1. The van der Waals surface area contributed by atoms with Crippen LogP contribution in [0.15, 0.2) is 18.2 Å². The number of hydrogen-bond acceptors (Lipinski definition) is 6. The van der Waals surface area contributed by atoms with E-state index in [0.29, 0.717) is 12.8 Å². The van der Waals surface area contributed by atoms with Crippen molar-refractivity contribution < 1.29 is 36.8 Å². The number of amides is 2. The molecule has 11 heteroatoms. The summed E-state index contributed by atoms with van der Waals surface area (Å²) in [5.74, 6) is -2.01. The van der Waals surface area contributed by atoms with Crippen LogP contribution in [-0.4, -0.2) is 53.5 Å². The fraction of sp³-hybridized carbons (Fsp3) is 0.682. The molecule has 1 rings (SSSR count). The Morgan fingerprint density at radius 1 is 1.15 bits per heavy atom. The van der Waals surface area contributed by atoms with Crippen molar-refractivity contribution in [2.45, 2.75) is 78.2 Å². The molecule has 2 N–H and O–H groups in total. The predicted molar refractivity (Wildman–Crippen MR) is 122 cm³/mol. The highest BCUT2D eigenvalue weighted by Crippen LogP contribution is 2.55. The average molecular weight is 495 g/mol. The van der Waals surface area contributed by atoms with Crippen molar-refractivity contribution >= 4 is 13.9 Å². The lowest BCUT2D eigenvalue weighted by molar-refractivity contribution is 0.00240. The number of urea groups is 1. The third-order valence-corrected chi connectivity index (χ3v) is 6.28. The number of phosphoric ester groups is 1. The minimum absolute atomic E-state index is 0.0131. The van der Waals surface area contributed by atoms with Crippen molar-refractivity contribution in [2.75, 3.05) is 20.3 Å². The summed E-state index contributed by atoms with van der Waals surface area (Å²) in [6.07, 6.45) is 0.687. The van der Waals surface area contributed by atoms with Crippen LogP contribution in [0, 0.1) is 11.6 Å². The van der Waals surface area contributed by atoms with Crippen LogP contribution in [0.4, 0.5) is 13.6 Å². The number of phosphoric acid groups is 1. The molecule has 0 saturated carbocycles.